The molecule has 0 aliphatic rings. The fourth-order valence-corrected chi connectivity index (χ4v) is 1.34. The largest absolute Gasteiger partial charge is 0.390 e. The number of aliphatic hydroxyl groups is 2. The van der Waals surface area contributed by atoms with Crippen LogP contribution in [0.25, 0.3) is 0 Å². The monoisotopic (exact) mass is 238 g/mol. The molecular formula is C14H22O3. The first-order valence-electron chi connectivity index (χ1n) is 5.67. The summed E-state index contributed by atoms with van der Waals surface area (Å²) >= 11 is 0. The maximum absolute atomic E-state index is 10.3. The summed E-state index contributed by atoms with van der Waals surface area (Å²) in [6.45, 7) is 6.47. The van der Waals surface area contributed by atoms with E-state index in [1.807, 2.05) is 30.3 Å². The van der Waals surface area contributed by atoms with Crippen LogP contribution in [0.1, 0.15) is 45.8 Å². The Morgan fingerprint density at radius 2 is 1.76 bits per heavy atom. The molecule has 0 fully saturated rings. The third-order valence-electron chi connectivity index (χ3n) is 1.96. The van der Waals surface area contributed by atoms with Gasteiger partial charge in [0.15, 0.2) is 0 Å². The maximum Gasteiger partial charge on any atom is 0.132 e. The van der Waals surface area contributed by atoms with Crippen LogP contribution in [0.2, 0.25) is 0 Å². The van der Waals surface area contributed by atoms with Crippen LogP contribution >= 0.6 is 0 Å². The van der Waals surface area contributed by atoms with Crippen LogP contribution < -0.4 is 0 Å². The fraction of sp³-hybridized carbons (Fsp3) is 0.500. The van der Waals surface area contributed by atoms with E-state index in [9.17, 15) is 4.79 Å². The first kappa shape index (κ1) is 15.8. The lowest BCUT2D eigenvalue weighted by molar-refractivity contribution is -0.120. The van der Waals surface area contributed by atoms with Gasteiger partial charge in [-0.2, -0.15) is 0 Å². The molecule has 0 amide bonds. The Labute approximate surface area is 103 Å². The molecule has 3 heteroatoms. The minimum absolute atomic E-state index is 0.0255. The number of rotatable bonds is 3. The van der Waals surface area contributed by atoms with E-state index in [0.717, 1.165) is 5.56 Å². The zero-order valence-corrected chi connectivity index (χ0v) is 11.0. The van der Waals surface area contributed by atoms with E-state index in [1.54, 1.807) is 20.8 Å². The lowest BCUT2D eigenvalue weighted by Gasteiger charge is -2.13. The smallest absolute Gasteiger partial charge is 0.132 e. The molecule has 1 aromatic rings. The first-order chi connectivity index (χ1) is 7.72. The van der Waals surface area contributed by atoms with Crippen molar-refractivity contribution in [3.8, 4) is 0 Å². The van der Waals surface area contributed by atoms with E-state index >= 15 is 0 Å². The van der Waals surface area contributed by atoms with Crippen LogP contribution in [0.3, 0.4) is 0 Å². The second kappa shape index (κ2) is 7.20. The predicted molar refractivity (Wildman–Crippen MR) is 68.7 cm³/mol. The summed E-state index contributed by atoms with van der Waals surface area (Å²) in [4.78, 5) is 10.3. The molecule has 0 heterocycles. The highest BCUT2D eigenvalue weighted by Gasteiger charge is 2.13. The van der Waals surface area contributed by atoms with E-state index in [1.165, 1.54) is 6.92 Å². The summed E-state index contributed by atoms with van der Waals surface area (Å²) in [6, 6.07) is 9.59. The second-order valence-corrected chi connectivity index (χ2v) is 4.78. The molecule has 17 heavy (non-hydrogen) atoms. The minimum atomic E-state index is -0.828. The van der Waals surface area contributed by atoms with E-state index in [0.29, 0.717) is 0 Å². The van der Waals surface area contributed by atoms with Crippen molar-refractivity contribution in [2.75, 3.05) is 0 Å². The number of hydrogen-bond donors (Lipinski definition) is 2. The van der Waals surface area contributed by atoms with E-state index in [-0.39, 0.29) is 18.3 Å². The number of ketones is 1. The van der Waals surface area contributed by atoms with Crippen molar-refractivity contribution < 1.29 is 15.0 Å². The molecule has 0 radical (unpaired) electrons. The van der Waals surface area contributed by atoms with Gasteiger partial charge in [0.1, 0.15) is 5.78 Å². The Balaban J connectivity index is 0.000000304. The standard InChI is InChI=1S/C8H10O.C6H12O2/c1-7(9)8-5-3-2-4-6-8;1-5(7)4-6(2,3)8/h2-7,9H,1H3;8H,4H2,1-3H3. The predicted octanol–water partition coefficient (Wildman–Crippen LogP) is 2.48. The van der Waals surface area contributed by atoms with Gasteiger partial charge in [0.25, 0.3) is 0 Å². The molecule has 3 nitrogen and oxygen atoms in total. The normalized spacial score (nSPS) is 12.4. The van der Waals surface area contributed by atoms with Gasteiger partial charge in [0.05, 0.1) is 11.7 Å². The van der Waals surface area contributed by atoms with Crippen molar-refractivity contribution in [3.63, 3.8) is 0 Å². The van der Waals surface area contributed by atoms with Crippen LogP contribution in [0.4, 0.5) is 0 Å². The van der Waals surface area contributed by atoms with E-state index < -0.39 is 5.60 Å². The summed E-state index contributed by atoms with van der Waals surface area (Å²) in [5, 5.41) is 18.0. The summed E-state index contributed by atoms with van der Waals surface area (Å²) in [6.07, 6.45) is -0.0984. The van der Waals surface area contributed by atoms with E-state index in [2.05, 4.69) is 0 Å². The van der Waals surface area contributed by atoms with Crippen LogP contribution in [0.5, 0.6) is 0 Å². The van der Waals surface area contributed by atoms with Gasteiger partial charge in [-0.05, 0) is 33.3 Å². The Morgan fingerprint density at radius 1 is 1.29 bits per heavy atom. The average molecular weight is 238 g/mol. The van der Waals surface area contributed by atoms with Gasteiger partial charge >= 0.3 is 0 Å². The van der Waals surface area contributed by atoms with Crippen molar-refractivity contribution in [2.45, 2.75) is 45.8 Å². The quantitative estimate of drug-likeness (QED) is 0.850. The highest BCUT2D eigenvalue weighted by molar-refractivity contribution is 5.76. The zero-order chi connectivity index (χ0) is 13.5. The SMILES string of the molecule is CC(=O)CC(C)(C)O.CC(O)c1ccccc1. The number of hydrogen-bond acceptors (Lipinski definition) is 3. The van der Waals surface area contributed by atoms with Crippen molar-refractivity contribution in [1.29, 1.82) is 0 Å². The molecule has 0 saturated carbocycles. The molecule has 1 unspecified atom stereocenters. The molecule has 0 saturated heterocycles. The van der Waals surface area contributed by atoms with Crippen LogP contribution in [0.15, 0.2) is 30.3 Å². The number of benzene rings is 1. The number of carbonyl (C=O) groups is 1. The van der Waals surface area contributed by atoms with Crippen molar-refractivity contribution in [2.24, 2.45) is 0 Å². The third-order valence-corrected chi connectivity index (χ3v) is 1.96. The number of aliphatic hydroxyl groups excluding tert-OH is 1. The van der Waals surface area contributed by atoms with E-state index in [4.69, 9.17) is 10.2 Å². The van der Waals surface area contributed by atoms with Gasteiger partial charge in [0, 0.05) is 6.42 Å². The second-order valence-electron chi connectivity index (χ2n) is 4.78. The summed E-state index contributed by atoms with van der Waals surface area (Å²) in [7, 11) is 0. The van der Waals surface area contributed by atoms with Crippen LogP contribution in [-0.4, -0.2) is 21.6 Å². The average Bonchev–Trinajstić information content (AvgIpc) is 2.16. The molecule has 1 aromatic carbocycles. The lowest BCUT2D eigenvalue weighted by atomic mass is 10.0. The molecule has 1 rings (SSSR count). The minimum Gasteiger partial charge on any atom is -0.390 e. The van der Waals surface area contributed by atoms with Gasteiger partial charge in [0.2, 0.25) is 0 Å². The number of carbonyl (C=O) groups excluding carboxylic acids is 1. The third kappa shape index (κ3) is 9.72. The number of Topliss-reactive ketones (excluding diaryl/α,β-unsaturated/α-hetero) is 1. The first-order valence-corrected chi connectivity index (χ1v) is 5.67. The lowest BCUT2D eigenvalue weighted by Crippen LogP contribution is -2.21. The molecule has 0 spiro atoms. The Hall–Kier alpha value is -1.19. The highest BCUT2D eigenvalue weighted by Crippen LogP contribution is 2.09. The fourth-order valence-electron chi connectivity index (χ4n) is 1.34. The molecule has 0 aromatic heterocycles. The highest BCUT2D eigenvalue weighted by atomic mass is 16.3. The van der Waals surface area contributed by atoms with Gasteiger partial charge in [-0.3, -0.25) is 4.79 Å². The zero-order valence-electron chi connectivity index (χ0n) is 11.0. The van der Waals surface area contributed by atoms with Gasteiger partial charge in [-0.1, -0.05) is 30.3 Å². The Morgan fingerprint density at radius 3 is 1.94 bits per heavy atom. The Kier molecular flexibility index (Phi) is 6.69. The molecule has 0 aliphatic carbocycles. The summed E-state index contributed by atoms with van der Waals surface area (Å²) in [5.74, 6) is 0.0255. The molecule has 1 atom stereocenters. The van der Waals surface area contributed by atoms with Crippen LogP contribution in [0, 0.1) is 0 Å². The van der Waals surface area contributed by atoms with Crippen molar-refractivity contribution >= 4 is 5.78 Å². The van der Waals surface area contributed by atoms with Gasteiger partial charge < -0.3 is 10.2 Å². The topological polar surface area (TPSA) is 57.5 Å². The van der Waals surface area contributed by atoms with Gasteiger partial charge in [-0.25, -0.2) is 0 Å². The maximum atomic E-state index is 10.3. The van der Waals surface area contributed by atoms with Crippen molar-refractivity contribution in [3.05, 3.63) is 35.9 Å². The molecular weight excluding hydrogens is 216 g/mol. The summed E-state index contributed by atoms with van der Waals surface area (Å²) < 4.78 is 0. The molecule has 96 valence electrons. The molecule has 0 bridgehead atoms. The van der Waals surface area contributed by atoms with Crippen LogP contribution in [-0.2, 0) is 4.79 Å². The molecule has 2 N–H and O–H groups in total. The molecule has 0 aliphatic heterocycles. The van der Waals surface area contributed by atoms with Crippen molar-refractivity contribution in [1.82, 2.24) is 0 Å². The Bertz CT molecular complexity index is 323. The van der Waals surface area contributed by atoms with Gasteiger partial charge in [-0.15, -0.1) is 0 Å². The summed E-state index contributed by atoms with van der Waals surface area (Å²) in [5.41, 5.74) is 0.142.